The van der Waals surface area contributed by atoms with Crippen molar-refractivity contribution in [1.82, 2.24) is 4.90 Å². The molecule has 118 valence electrons. The van der Waals surface area contributed by atoms with E-state index in [-0.39, 0.29) is 28.3 Å². The monoisotopic (exact) mass is 332 g/mol. The second-order valence-corrected chi connectivity index (χ2v) is 6.27. The summed E-state index contributed by atoms with van der Waals surface area (Å²) in [6.07, 6.45) is 0. The summed E-state index contributed by atoms with van der Waals surface area (Å²) in [5, 5.41) is 10.6. The minimum absolute atomic E-state index is 0.120. The number of carbonyl (C=O) groups excluding carboxylic acids is 1. The Morgan fingerprint density at radius 3 is 2.78 bits per heavy atom. The van der Waals surface area contributed by atoms with Crippen LogP contribution in [-0.2, 0) is 0 Å². The molecule has 2 aromatic carbocycles. The van der Waals surface area contributed by atoms with Gasteiger partial charge in [-0.1, -0.05) is 18.2 Å². The Balaban J connectivity index is 1.89. The van der Waals surface area contributed by atoms with Gasteiger partial charge in [0, 0.05) is 30.0 Å². The van der Waals surface area contributed by atoms with Gasteiger partial charge in [-0.25, -0.2) is 4.39 Å². The van der Waals surface area contributed by atoms with Gasteiger partial charge in [-0.2, -0.15) is 0 Å². The first-order chi connectivity index (χ1) is 11.1. The molecule has 5 nitrogen and oxygen atoms in total. The van der Waals surface area contributed by atoms with Crippen LogP contribution in [0.2, 0.25) is 0 Å². The summed E-state index contributed by atoms with van der Waals surface area (Å²) in [6.45, 7) is 0.521. The fourth-order valence-corrected chi connectivity index (χ4v) is 3.78. The van der Waals surface area contributed by atoms with Gasteiger partial charge in [-0.05, 0) is 23.8 Å². The average Bonchev–Trinajstić information content (AvgIpc) is 3.04. The predicted molar refractivity (Wildman–Crippen MR) is 85.7 cm³/mol. The van der Waals surface area contributed by atoms with Crippen LogP contribution < -0.4 is 0 Å². The first kappa shape index (κ1) is 15.5. The highest BCUT2D eigenvalue weighted by molar-refractivity contribution is 7.99. The number of carbonyl (C=O) groups is 1. The lowest BCUT2D eigenvalue weighted by Crippen LogP contribution is -2.30. The molecule has 0 saturated carbocycles. The largest absolute Gasteiger partial charge is 0.322 e. The third-order valence-corrected chi connectivity index (χ3v) is 4.85. The maximum absolute atomic E-state index is 13.4. The number of nitro benzene ring substituents is 1. The summed E-state index contributed by atoms with van der Waals surface area (Å²) in [4.78, 5) is 24.6. The molecule has 1 aliphatic heterocycles. The Bertz CT molecular complexity index is 768. The van der Waals surface area contributed by atoms with Crippen molar-refractivity contribution in [2.24, 2.45) is 0 Å². The Hall–Kier alpha value is -2.41. The van der Waals surface area contributed by atoms with Crippen LogP contribution in [0.25, 0.3) is 0 Å². The van der Waals surface area contributed by atoms with Crippen LogP contribution in [0.3, 0.4) is 0 Å². The van der Waals surface area contributed by atoms with Gasteiger partial charge in [0.1, 0.15) is 11.2 Å². The second kappa shape index (κ2) is 6.37. The number of rotatable bonds is 3. The van der Waals surface area contributed by atoms with Crippen molar-refractivity contribution >= 4 is 23.4 Å². The summed E-state index contributed by atoms with van der Waals surface area (Å²) < 4.78 is 13.4. The first-order valence-electron chi connectivity index (χ1n) is 6.99. The molecule has 0 N–H and O–H groups in total. The van der Waals surface area contributed by atoms with Gasteiger partial charge in [0.15, 0.2) is 0 Å². The van der Waals surface area contributed by atoms with Crippen LogP contribution in [0.5, 0.6) is 0 Å². The minimum atomic E-state index is -0.528. The molecule has 0 radical (unpaired) electrons. The van der Waals surface area contributed by atoms with Crippen molar-refractivity contribution in [2.45, 2.75) is 5.37 Å². The molecule has 1 fully saturated rings. The van der Waals surface area contributed by atoms with Gasteiger partial charge in [-0.15, -0.1) is 11.8 Å². The Kier molecular flexibility index (Phi) is 4.29. The molecule has 1 atom stereocenters. The number of hydrogen-bond donors (Lipinski definition) is 0. The molecular weight excluding hydrogens is 319 g/mol. The quantitative estimate of drug-likeness (QED) is 0.636. The molecule has 2 aromatic rings. The van der Waals surface area contributed by atoms with Crippen molar-refractivity contribution in [2.75, 3.05) is 12.3 Å². The predicted octanol–water partition coefficient (Wildman–Crippen LogP) is 3.62. The fraction of sp³-hybridized carbons (Fsp3) is 0.188. The molecule has 0 aliphatic carbocycles. The number of halogens is 1. The van der Waals surface area contributed by atoms with Crippen LogP contribution in [-0.4, -0.2) is 28.0 Å². The van der Waals surface area contributed by atoms with E-state index >= 15 is 0 Å². The normalized spacial score (nSPS) is 17.3. The van der Waals surface area contributed by atoms with Crippen LogP contribution in [0, 0.1) is 15.9 Å². The molecule has 7 heteroatoms. The Morgan fingerprint density at radius 2 is 2.04 bits per heavy atom. The Morgan fingerprint density at radius 1 is 1.26 bits per heavy atom. The van der Waals surface area contributed by atoms with Crippen molar-refractivity contribution in [3.63, 3.8) is 0 Å². The zero-order valence-electron chi connectivity index (χ0n) is 12.0. The molecule has 0 aromatic heterocycles. The lowest BCUT2D eigenvalue weighted by atomic mass is 10.1. The number of nitro groups is 1. The molecule has 1 saturated heterocycles. The van der Waals surface area contributed by atoms with E-state index in [1.165, 1.54) is 30.3 Å². The van der Waals surface area contributed by atoms with Gasteiger partial charge in [0.2, 0.25) is 0 Å². The minimum Gasteiger partial charge on any atom is -0.322 e. The Labute approximate surface area is 136 Å². The highest BCUT2D eigenvalue weighted by atomic mass is 32.2. The number of thioether (sulfide) groups is 1. The summed E-state index contributed by atoms with van der Waals surface area (Å²) in [5.74, 6) is 0.104. The lowest BCUT2D eigenvalue weighted by Gasteiger charge is -2.24. The van der Waals surface area contributed by atoms with E-state index < -0.39 is 4.92 Å². The molecule has 3 rings (SSSR count). The van der Waals surface area contributed by atoms with Gasteiger partial charge >= 0.3 is 0 Å². The fourth-order valence-electron chi connectivity index (χ4n) is 2.53. The van der Waals surface area contributed by atoms with Gasteiger partial charge in [0.05, 0.1) is 4.92 Å². The highest BCUT2D eigenvalue weighted by Gasteiger charge is 2.31. The van der Waals surface area contributed by atoms with Gasteiger partial charge in [-0.3, -0.25) is 14.9 Å². The van der Waals surface area contributed by atoms with Crippen molar-refractivity contribution < 1.29 is 14.1 Å². The first-order valence-corrected chi connectivity index (χ1v) is 8.03. The number of benzene rings is 2. The van der Waals surface area contributed by atoms with E-state index in [0.29, 0.717) is 12.1 Å². The molecular formula is C16H13FN2O3S. The van der Waals surface area contributed by atoms with Gasteiger partial charge in [0.25, 0.3) is 11.6 Å². The molecule has 0 bridgehead atoms. The van der Waals surface area contributed by atoms with Gasteiger partial charge < -0.3 is 4.90 Å². The average molecular weight is 332 g/mol. The number of hydrogen-bond acceptors (Lipinski definition) is 4. The maximum atomic E-state index is 13.4. The number of non-ortho nitro benzene ring substituents is 1. The zero-order valence-corrected chi connectivity index (χ0v) is 12.8. The van der Waals surface area contributed by atoms with Crippen LogP contribution in [0.15, 0.2) is 48.5 Å². The van der Waals surface area contributed by atoms with Crippen LogP contribution in [0.4, 0.5) is 10.1 Å². The molecule has 1 heterocycles. The summed E-state index contributed by atoms with van der Waals surface area (Å²) in [6, 6.07) is 11.8. The summed E-state index contributed by atoms with van der Waals surface area (Å²) in [7, 11) is 0. The number of amides is 1. The molecule has 1 aliphatic rings. The van der Waals surface area contributed by atoms with E-state index in [1.807, 2.05) is 0 Å². The summed E-state index contributed by atoms with van der Waals surface area (Å²) >= 11 is 1.55. The third-order valence-electron chi connectivity index (χ3n) is 3.59. The summed E-state index contributed by atoms with van der Waals surface area (Å²) in [5.41, 5.74) is 0.861. The lowest BCUT2D eigenvalue weighted by molar-refractivity contribution is -0.384. The maximum Gasteiger partial charge on any atom is 0.270 e. The van der Waals surface area contributed by atoms with E-state index in [2.05, 4.69) is 0 Å². The SMILES string of the molecule is O=C(c1cccc([N+](=O)[O-])c1)N1CCS[C@@H]1c1cccc(F)c1. The molecule has 0 spiro atoms. The molecule has 0 unspecified atom stereocenters. The van der Waals surface area contributed by atoms with Crippen molar-refractivity contribution in [3.8, 4) is 0 Å². The zero-order chi connectivity index (χ0) is 16.4. The molecule has 1 amide bonds. The second-order valence-electron chi connectivity index (χ2n) is 5.08. The third kappa shape index (κ3) is 3.19. The van der Waals surface area contributed by atoms with E-state index in [9.17, 15) is 19.3 Å². The van der Waals surface area contributed by atoms with E-state index in [0.717, 1.165) is 5.75 Å². The topological polar surface area (TPSA) is 63.4 Å². The standard InChI is InChI=1S/C16H13FN2O3S/c17-13-5-1-4-12(9-13)16-18(7-8-23-16)15(20)11-3-2-6-14(10-11)19(21)22/h1-6,9-10,16H,7-8H2/t16-/m1/s1. The van der Waals surface area contributed by atoms with E-state index in [1.54, 1.807) is 34.9 Å². The highest BCUT2D eigenvalue weighted by Crippen LogP contribution is 2.39. The smallest absolute Gasteiger partial charge is 0.270 e. The van der Waals surface area contributed by atoms with Crippen molar-refractivity contribution in [3.05, 3.63) is 75.6 Å². The van der Waals surface area contributed by atoms with Crippen molar-refractivity contribution in [1.29, 1.82) is 0 Å². The van der Waals surface area contributed by atoms with Crippen LogP contribution >= 0.6 is 11.8 Å². The van der Waals surface area contributed by atoms with Crippen LogP contribution in [0.1, 0.15) is 21.3 Å². The molecule has 23 heavy (non-hydrogen) atoms. The van der Waals surface area contributed by atoms with E-state index in [4.69, 9.17) is 0 Å². The number of nitrogens with zero attached hydrogens (tertiary/aromatic N) is 2.